The van der Waals surface area contributed by atoms with Crippen LogP contribution in [0.4, 0.5) is 0 Å². The molecule has 1 atom stereocenters. The Morgan fingerprint density at radius 3 is 2.42 bits per heavy atom. The highest BCUT2D eigenvalue weighted by Gasteiger charge is 2.40. The number of nitriles is 1. The van der Waals surface area contributed by atoms with Crippen LogP contribution in [0.1, 0.15) is 58.3 Å². The Hall–Kier alpha value is -0.690. The van der Waals surface area contributed by atoms with Gasteiger partial charge >= 0.3 is 0 Å². The zero-order valence-corrected chi connectivity index (χ0v) is 12.7. The summed E-state index contributed by atoms with van der Waals surface area (Å²) in [5.74, 6) is 1.17. The average molecular weight is 280 g/mol. The fourth-order valence-electron chi connectivity index (χ4n) is 3.13. The van der Waals surface area contributed by atoms with Crippen LogP contribution in [0.15, 0.2) is 0 Å². The van der Waals surface area contributed by atoms with Gasteiger partial charge in [-0.25, -0.2) is 0 Å². The minimum atomic E-state index is -0.754. The zero-order valence-electron chi connectivity index (χ0n) is 11.8. The Balaban J connectivity index is 1.95. The van der Waals surface area contributed by atoms with Gasteiger partial charge in [-0.1, -0.05) is 25.7 Å². The summed E-state index contributed by atoms with van der Waals surface area (Å²) < 4.78 is 0.178. The van der Waals surface area contributed by atoms with Crippen molar-refractivity contribution in [1.29, 1.82) is 5.26 Å². The molecule has 1 saturated carbocycles. The second-order valence-corrected chi connectivity index (χ2v) is 7.88. The molecule has 2 fully saturated rings. The molecule has 1 amide bonds. The summed E-state index contributed by atoms with van der Waals surface area (Å²) in [6, 6.07) is 2.33. The molecule has 3 nitrogen and oxygen atoms in total. The highest BCUT2D eigenvalue weighted by Crippen LogP contribution is 2.38. The van der Waals surface area contributed by atoms with E-state index in [4.69, 9.17) is 0 Å². The van der Waals surface area contributed by atoms with Crippen molar-refractivity contribution in [3.63, 3.8) is 0 Å². The molecule has 0 aromatic heterocycles. The van der Waals surface area contributed by atoms with Crippen LogP contribution in [0.25, 0.3) is 0 Å². The van der Waals surface area contributed by atoms with E-state index in [0.717, 1.165) is 44.9 Å². The fraction of sp³-hybridized carbons (Fsp3) is 0.867. The number of rotatable bonds is 3. The summed E-state index contributed by atoms with van der Waals surface area (Å²) in [4.78, 5) is 12.5. The van der Waals surface area contributed by atoms with Gasteiger partial charge in [0.05, 0.1) is 6.07 Å². The molecule has 1 N–H and O–H groups in total. The zero-order chi connectivity index (χ0) is 13.8. The predicted octanol–water partition coefficient (Wildman–Crippen LogP) is 3.25. The average Bonchev–Trinajstić information content (AvgIpc) is 2.71. The van der Waals surface area contributed by atoms with E-state index in [-0.39, 0.29) is 10.7 Å². The van der Waals surface area contributed by atoms with Crippen LogP contribution in [-0.4, -0.2) is 23.0 Å². The largest absolute Gasteiger partial charge is 0.353 e. The topological polar surface area (TPSA) is 52.9 Å². The third-order valence-electron chi connectivity index (χ3n) is 4.53. The van der Waals surface area contributed by atoms with Crippen molar-refractivity contribution in [1.82, 2.24) is 5.32 Å². The highest BCUT2D eigenvalue weighted by atomic mass is 32.2. The molecular formula is C15H24N2OS. The smallest absolute Gasteiger partial charge is 0.240 e. The maximum atomic E-state index is 12.5. The monoisotopic (exact) mass is 280 g/mol. The van der Waals surface area contributed by atoms with Crippen molar-refractivity contribution in [3.8, 4) is 6.07 Å². The third-order valence-corrected chi connectivity index (χ3v) is 6.07. The first kappa shape index (κ1) is 14.7. The molecule has 1 aliphatic heterocycles. The van der Waals surface area contributed by atoms with E-state index in [9.17, 15) is 10.1 Å². The molecule has 106 valence electrons. The van der Waals surface area contributed by atoms with E-state index < -0.39 is 5.41 Å². The van der Waals surface area contributed by atoms with Gasteiger partial charge in [-0.2, -0.15) is 17.0 Å². The first-order valence-corrected chi connectivity index (χ1v) is 8.42. The first-order chi connectivity index (χ1) is 9.10. The lowest BCUT2D eigenvalue weighted by Gasteiger charge is -2.28. The van der Waals surface area contributed by atoms with E-state index >= 15 is 0 Å². The summed E-state index contributed by atoms with van der Waals surface area (Å²) in [7, 11) is 0. The van der Waals surface area contributed by atoms with Gasteiger partial charge in [-0.05, 0) is 38.4 Å². The van der Waals surface area contributed by atoms with Gasteiger partial charge in [0.15, 0.2) is 0 Å². The molecular weight excluding hydrogens is 256 g/mol. The number of hydrogen-bond acceptors (Lipinski definition) is 3. The molecule has 19 heavy (non-hydrogen) atoms. The van der Waals surface area contributed by atoms with Crippen LogP contribution in [0.2, 0.25) is 0 Å². The molecule has 1 aliphatic carbocycles. The van der Waals surface area contributed by atoms with Crippen molar-refractivity contribution in [3.05, 3.63) is 0 Å². The lowest BCUT2D eigenvalue weighted by atomic mass is 9.81. The molecule has 2 aliphatic rings. The van der Waals surface area contributed by atoms with Gasteiger partial charge in [0.1, 0.15) is 5.41 Å². The van der Waals surface area contributed by atoms with Crippen molar-refractivity contribution < 1.29 is 4.79 Å². The summed E-state index contributed by atoms with van der Waals surface area (Å²) in [6.45, 7) is 2.93. The van der Waals surface area contributed by atoms with Crippen LogP contribution in [0, 0.1) is 16.7 Å². The summed E-state index contributed by atoms with van der Waals surface area (Å²) in [5, 5.41) is 12.5. The Morgan fingerprint density at radius 1 is 1.21 bits per heavy atom. The highest BCUT2D eigenvalue weighted by molar-refractivity contribution is 8.00. The minimum Gasteiger partial charge on any atom is -0.353 e. The lowest BCUT2D eigenvalue weighted by molar-refractivity contribution is -0.128. The van der Waals surface area contributed by atoms with Crippen LogP contribution >= 0.6 is 11.8 Å². The second kappa shape index (κ2) is 6.17. The van der Waals surface area contributed by atoms with Crippen molar-refractivity contribution in [2.24, 2.45) is 5.41 Å². The first-order valence-electron chi connectivity index (χ1n) is 7.44. The fourth-order valence-corrected chi connectivity index (χ4v) is 4.38. The third kappa shape index (κ3) is 3.45. The molecule has 0 aromatic rings. The SMILES string of the molecule is CC1(CNC(=O)C2(C#N)CCCCCC2)CCCS1. The van der Waals surface area contributed by atoms with Crippen LogP contribution in [-0.2, 0) is 4.79 Å². The number of thioether (sulfide) groups is 1. The van der Waals surface area contributed by atoms with E-state index in [1.54, 1.807) is 0 Å². The Bertz CT molecular complexity index is 361. The second-order valence-electron chi connectivity index (χ2n) is 6.19. The van der Waals surface area contributed by atoms with E-state index in [0.29, 0.717) is 6.54 Å². The van der Waals surface area contributed by atoms with Crippen molar-refractivity contribution in [2.75, 3.05) is 12.3 Å². The molecule has 4 heteroatoms. The van der Waals surface area contributed by atoms with Crippen LogP contribution < -0.4 is 5.32 Å². The quantitative estimate of drug-likeness (QED) is 0.807. The van der Waals surface area contributed by atoms with Gasteiger partial charge < -0.3 is 5.32 Å². The van der Waals surface area contributed by atoms with Gasteiger partial charge in [0, 0.05) is 11.3 Å². The Morgan fingerprint density at radius 2 is 1.89 bits per heavy atom. The maximum absolute atomic E-state index is 12.5. The number of carbonyl (C=O) groups excluding carboxylic acids is 1. The maximum Gasteiger partial charge on any atom is 0.240 e. The van der Waals surface area contributed by atoms with Crippen molar-refractivity contribution >= 4 is 17.7 Å². The van der Waals surface area contributed by atoms with Gasteiger partial charge in [0.2, 0.25) is 5.91 Å². The minimum absolute atomic E-state index is 0.0226. The molecule has 0 spiro atoms. The van der Waals surface area contributed by atoms with Gasteiger partial charge in [0.25, 0.3) is 0 Å². The number of hydrogen-bond donors (Lipinski definition) is 1. The summed E-state index contributed by atoms with van der Waals surface area (Å²) >= 11 is 1.95. The summed E-state index contributed by atoms with van der Waals surface area (Å²) in [6.07, 6.45) is 8.20. The van der Waals surface area contributed by atoms with Gasteiger partial charge in [-0.15, -0.1) is 0 Å². The van der Waals surface area contributed by atoms with E-state index in [1.807, 2.05) is 11.8 Å². The van der Waals surface area contributed by atoms with Gasteiger partial charge in [-0.3, -0.25) is 4.79 Å². The molecule has 1 saturated heterocycles. The molecule has 1 unspecified atom stereocenters. The molecule has 0 bridgehead atoms. The predicted molar refractivity (Wildman–Crippen MR) is 78.9 cm³/mol. The number of nitrogens with zero attached hydrogens (tertiary/aromatic N) is 1. The normalized spacial score (nSPS) is 30.3. The number of amides is 1. The van der Waals surface area contributed by atoms with E-state index in [2.05, 4.69) is 18.3 Å². The van der Waals surface area contributed by atoms with Crippen LogP contribution in [0.3, 0.4) is 0 Å². The number of nitrogens with one attached hydrogen (secondary N) is 1. The Labute approximate surface area is 120 Å². The summed E-state index contributed by atoms with van der Waals surface area (Å²) in [5.41, 5.74) is -0.754. The number of carbonyl (C=O) groups is 1. The lowest BCUT2D eigenvalue weighted by Crippen LogP contribution is -2.45. The molecule has 1 heterocycles. The molecule has 0 radical (unpaired) electrons. The molecule has 2 rings (SSSR count). The van der Waals surface area contributed by atoms with Crippen molar-refractivity contribution in [2.45, 2.75) is 63.0 Å². The van der Waals surface area contributed by atoms with E-state index in [1.165, 1.54) is 12.2 Å². The van der Waals surface area contributed by atoms with Crippen LogP contribution in [0.5, 0.6) is 0 Å². The molecule has 0 aromatic carbocycles. The Kier molecular flexibility index (Phi) is 4.78. The standard InChI is InChI=1S/C15H24N2OS/c1-14(7-6-10-19-14)12-17-13(18)15(11-16)8-4-2-3-5-9-15/h2-10,12H2,1H3,(H,17,18).